The third kappa shape index (κ3) is 1.96. The molecule has 2 N–H and O–H groups in total. The van der Waals surface area contributed by atoms with Crippen LogP contribution in [0, 0.1) is 10.1 Å². The molecule has 4 rings (SSSR count). The Balaban J connectivity index is 1.97. The summed E-state index contributed by atoms with van der Waals surface area (Å²) in [5.41, 5.74) is 1.48. The number of aromatic amines is 1. The van der Waals surface area contributed by atoms with Crippen LogP contribution in [0.5, 0.6) is 5.88 Å². The number of H-pyrrole nitrogens is 1. The van der Waals surface area contributed by atoms with Crippen LogP contribution < -0.4 is 0 Å². The lowest BCUT2D eigenvalue weighted by atomic mass is 10.0. The van der Waals surface area contributed by atoms with Crippen molar-refractivity contribution in [3.63, 3.8) is 0 Å². The van der Waals surface area contributed by atoms with E-state index in [1.807, 2.05) is 0 Å². The minimum Gasteiger partial charge on any atom is -0.494 e. The normalized spacial score (nSPS) is 13.2. The maximum Gasteiger partial charge on any atom is 0.270 e. The number of nitrogens with zero attached hydrogens (tertiary/aromatic N) is 2. The van der Waals surface area contributed by atoms with Gasteiger partial charge in [0.1, 0.15) is 5.71 Å². The highest BCUT2D eigenvalue weighted by atomic mass is 79.9. The molecule has 8 heteroatoms. The van der Waals surface area contributed by atoms with Gasteiger partial charge >= 0.3 is 0 Å². The summed E-state index contributed by atoms with van der Waals surface area (Å²) in [6, 6.07) is 9.30. The second-order valence-electron chi connectivity index (χ2n) is 5.26. The van der Waals surface area contributed by atoms with E-state index in [4.69, 9.17) is 0 Å². The number of nitrogens with one attached hydrogen (secondary N) is 1. The first kappa shape index (κ1) is 14.6. The molecule has 2 aromatic carbocycles. The van der Waals surface area contributed by atoms with Gasteiger partial charge in [-0.25, -0.2) is 4.99 Å². The zero-order valence-corrected chi connectivity index (χ0v) is 13.5. The van der Waals surface area contributed by atoms with Crippen LogP contribution in [0.2, 0.25) is 0 Å². The Kier molecular flexibility index (Phi) is 3.04. The van der Waals surface area contributed by atoms with Crippen molar-refractivity contribution in [3.8, 4) is 5.88 Å². The maximum atomic E-state index is 12.7. The number of hydrogen-bond acceptors (Lipinski definition) is 5. The first-order chi connectivity index (χ1) is 11.5. The van der Waals surface area contributed by atoms with Crippen LogP contribution in [-0.2, 0) is 0 Å². The quantitative estimate of drug-likeness (QED) is 0.515. The minimum atomic E-state index is -0.531. The number of non-ortho nitro benzene ring substituents is 1. The number of aliphatic imine (C=N–C) groups is 1. The molecule has 0 saturated heterocycles. The Morgan fingerprint density at radius 3 is 2.71 bits per heavy atom. The Hall–Kier alpha value is -3.00. The van der Waals surface area contributed by atoms with Gasteiger partial charge in [-0.1, -0.05) is 6.07 Å². The van der Waals surface area contributed by atoms with Gasteiger partial charge < -0.3 is 10.1 Å². The van der Waals surface area contributed by atoms with Gasteiger partial charge in [-0.05, 0) is 34.1 Å². The van der Waals surface area contributed by atoms with Crippen LogP contribution in [0.3, 0.4) is 0 Å². The van der Waals surface area contributed by atoms with Crippen molar-refractivity contribution in [2.45, 2.75) is 0 Å². The van der Waals surface area contributed by atoms with Gasteiger partial charge in [-0.3, -0.25) is 14.9 Å². The summed E-state index contributed by atoms with van der Waals surface area (Å²) in [5, 5.41) is 21.6. The van der Waals surface area contributed by atoms with E-state index in [2.05, 4.69) is 25.9 Å². The van der Waals surface area contributed by atoms with E-state index >= 15 is 0 Å². The zero-order chi connectivity index (χ0) is 17.0. The number of aromatic hydroxyl groups is 1. The predicted molar refractivity (Wildman–Crippen MR) is 91.3 cm³/mol. The van der Waals surface area contributed by atoms with Crippen LogP contribution in [0.1, 0.15) is 15.9 Å². The predicted octanol–water partition coefficient (Wildman–Crippen LogP) is 3.86. The summed E-state index contributed by atoms with van der Waals surface area (Å²) in [5.74, 6) is -0.596. The number of nitro benzene ring substituents is 1. The molecule has 3 aromatic rings. The summed E-state index contributed by atoms with van der Waals surface area (Å²) >= 11 is 3.32. The molecule has 0 bridgehead atoms. The average molecular weight is 386 g/mol. The number of carbonyl (C=O) groups excluding carboxylic acids is 1. The van der Waals surface area contributed by atoms with Gasteiger partial charge in [0.2, 0.25) is 5.78 Å². The number of nitro groups is 1. The smallest absolute Gasteiger partial charge is 0.270 e. The highest BCUT2D eigenvalue weighted by Gasteiger charge is 2.32. The van der Waals surface area contributed by atoms with Gasteiger partial charge in [0.15, 0.2) is 5.88 Å². The molecular weight excluding hydrogens is 378 g/mol. The number of carbonyl (C=O) groups is 1. The highest BCUT2D eigenvalue weighted by Crippen LogP contribution is 2.38. The Morgan fingerprint density at radius 1 is 1.21 bits per heavy atom. The number of aromatic nitrogens is 1. The van der Waals surface area contributed by atoms with Crippen molar-refractivity contribution < 1.29 is 14.8 Å². The molecule has 0 spiro atoms. The summed E-state index contributed by atoms with van der Waals surface area (Å²) in [6.45, 7) is 0. The minimum absolute atomic E-state index is 0.0566. The lowest BCUT2D eigenvalue weighted by molar-refractivity contribution is -0.384. The van der Waals surface area contributed by atoms with Crippen molar-refractivity contribution in [1.82, 2.24) is 4.98 Å². The molecule has 0 amide bonds. The number of benzene rings is 2. The van der Waals surface area contributed by atoms with Gasteiger partial charge in [0.25, 0.3) is 5.69 Å². The number of fused-ring (bicyclic) bond motifs is 2. The third-order valence-corrected chi connectivity index (χ3v) is 4.54. The van der Waals surface area contributed by atoms with Crippen molar-refractivity contribution >= 4 is 49.7 Å². The summed E-state index contributed by atoms with van der Waals surface area (Å²) in [4.78, 5) is 30.2. The molecule has 0 fully saturated rings. The lowest BCUT2D eigenvalue weighted by Crippen LogP contribution is -2.11. The first-order valence-electron chi connectivity index (χ1n) is 6.88. The standard InChI is InChI=1S/C16H8BrN3O4/c17-9-2-1-3-11-13(9)15(21)14(18-11)12-8-6-7(20(23)24)4-5-10(8)19-16(12)22/h1-6,19,22H. The molecule has 0 radical (unpaired) electrons. The van der Waals surface area contributed by atoms with E-state index in [1.165, 1.54) is 18.2 Å². The largest absolute Gasteiger partial charge is 0.494 e. The first-order valence-corrected chi connectivity index (χ1v) is 7.68. The average Bonchev–Trinajstić information content (AvgIpc) is 3.03. The molecule has 1 aliphatic heterocycles. The summed E-state index contributed by atoms with van der Waals surface area (Å²) < 4.78 is 0.606. The number of ketones is 1. The molecule has 0 aliphatic carbocycles. The second kappa shape index (κ2) is 5.00. The molecule has 118 valence electrons. The van der Waals surface area contributed by atoms with E-state index in [-0.39, 0.29) is 28.6 Å². The van der Waals surface area contributed by atoms with E-state index < -0.39 is 4.92 Å². The number of rotatable bonds is 2. The molecular formula is C16H8BrN3O4. The van der Waals surface area contributed by atoms with E-state index in [9.17, 15) is 20.0 Å². The molecule has 1 aliphatic rings. The molecule has 0 atom stereocenters. The number of hydrogen-bond donors (Lipinski definition) is 2. The zero-order valence-electron chi connectivity index (χ0n) is 11.9. The molecule has 0 unspecified atom stereocenters. The van der Waals surface area contributed by atoms with E-state index in [0.717, 1.165) is 0 Å². The Morgan fingerprint density at radius 2 is 2.00 bits per heavy atom. The van der Waals surface area contributed by atoms with Crippen LogP contribution in [-0.4, -0.2) is 26.5 Å². The van der Waals surface area contributed by atoms with Gasteiger partial charge in [-0.15, -0.1) is 0 Å². The summed E-state index contributed by atoms with van der Waals surface area (Å²) in [6.07, 6.45) is 0. The SMILES string of the molecule is O=C1C(c2c(O)[nH]c3ccc([N+](=O)[O-])cc23)=Nc2cccc(Br)c21. The van der Waals surface area contributed by atoms with Crippen LogP contribution in [0.15, 0.2) is 45.9 Å². The third-order valence-electron chi connectivity index (χ3n) is 3.88. The van der Waals surface area contributed by atoms with Crippen molar-refractivity contribution in [2.75, 3.05) is 0 Å². The lowest BCUT2D eigenvalue weighted by Gasteiger charge is -2.00. The van der Waals surface area contributed by atoms with Crippen LogP contribution >= 0.6 is 15.9 Å². The Labute approximate surface area is 142 Å². The molecule has 0 saturated carbocycles. The molecule has 1 aromatic heterocycles. The Bertz CT molecular complexity index is 1080. The number of halogens is 1. The molecule has 2 heterocycles. The van der Waals surface area contributed by atoms with Gasteiger partial charge in [0.05, 0.1) is 21.7 Å². The highest BCUT2D eigenvalue weighted by molar-refractivity contribution is 9.10. The molecule has 24 heavy (non-hydrogen) atoms. The second-order valence-corrected chi connectivity index (χ2v) is 6.11. The van der Waals surface area contributed by atoms with Crippen LogP contribution in [0.25, 0.3) is 10.9 Å². The van der Waals surface area contributed by atoms with Crippen molar-refractivity contribution in [1.29, 1.82) is 0 Å². The van der Waals surface area contributed by atoms with Crippen LogP contribution in [0.4, 0.5) is 11.4 Å². The monoisotopic (exact) mass is 385 g/mol. The fraction of sp³-hybridized carbons (Fsp3) is 0. The topological polar surface area (TPSA) is 109 Å². The molecule has 7 nitrogen and oxygen atoms in total. The van der Waals surface area contributed by atoms with Gasteiger partial charge in [-0.2, -0.15) is 0 Å². The van der Waals surface area contributed by atoms with Crippen molar-refractivity contribution in [3.05, 3.63) is 62.1 Å². The maximum absolute atomic E-state index is 12.7. The fourth-order valence-electron chi connectivity index (χ4n) is 2.81. The van der Waals surface area contributed by atoms with E-state index in [0.29, 0.717) is 26.6 Å². The fourth-order valence-corrected chi connectivity index (χ4v) is 3.34. The number of Topliss-reactive ketones (excluding diaryl/α,β-unsaturated/α-hetero) is 1. The van der Waals surface area contributed by atoms with Crippen molar-refractivity contribution in [2.24, 2.45) is 4.99 Å². The summed E-state index contributed by atoms with van der Waals surface area (Å²) in [7, 11) is 0. The van der Waals surface area contributed by atoms with Gasteiger partial charge in [0, 0.05) is 27.5 Å². The van der Waals surface area contributed by atoms with E-state index in [1.54, 1.807) is 18.2 Å².